The lowest BCUT2D eigenvalue weighted by atomic mass is 9.93. The van der Waals surface area contributed by atoms with Gasteiger partial charge < -0.3 is 14.8 Å². The van der Waals surface area contributed by atoms with Crippen LogP contribution in [0.15, 0.2) is 103 Å². The Balaban J connectivity index is 1.60. The van der Waals surface area contributed by atoms with Gasteiger partial charge in [-0.25, -0.2) is 0 Å². The molecule has 5 aromatic rings. The van der Waals surface area contributed by atoms with Crippen LogP contribution in [0.1, 0.15) is 24.1 Å². The number of nitrogens with zero attached hydrogens (tertiary/aromatic N) is 1. The summed E-state index contributed by atoms with van der Waals surface area (Å²) >= 11 is 0. The summed E-state index contributed by atoms with van der Waals surface area (Å²) in [6, 6.07) is 27.1. The van der Waals surface area contributed by atoms with E-state index in [0.717, 1.165) is 27.2 Å². The van der Waals surface area contributed by atoms with Crippen LogP contribution in [0.25, 0.3) is 27.4 Å². The molecule has 1 saturated heterocycles. The van der Waals surface area contributed by atoms with E-state index < -0.39 is 17.7 Å². The Hall–Kier alpha value is -4.84. The molecule has 37 heavy (non-hydrogen) atoms. The zero-order valence-electron chi connectivity index (χ0n) is 20.1. The van der Waals surface area contributed by atoms with Crippen molar-refractivity contribution in [2.24, 2.45) is 0 Å². The minimum Gasteiger partial charge on any atom is -0.507 e. The molecule has 1 amide bonds. The van der Waals surface area contributed by atoms with Gasteiger partial charge in [0.1, 0.15) is 11.5 Å². The van der Waals surface area contributed by atoms with Gasteiger partial charge in [-0.05, 0) is 48.0 Å². The molecule has 1 aromatic heterocycles. The van der Waals surface area contributed by atoms with Crippen molar-refractivity contribution in [2.45, 2.75) is 13.0 Å². The number of carbonyl (C=O) groups excluding carboxylic acids is 2. The lowest BCUT2D eigenvalue weighted by molar-refractivity contribution is -0.132. The molecule has 0 spiro atoms. The molecule has 1 aliphatic rings. The van der Waals surface area contributed by atoms with E-state index in [0.29, 0.717) is 23.6 Å². The highest BCUT2D eigenvalue weighted by molar-refractivity contribution is 6.52. The van der Waals surface area contributed by atoms with Crippen LogP contribution in [0, 0.1) is 0 Å². The van der Waals surface area contributed by atoms with Crippen molar-refractivity contribution in [3.05, 3.63) is 114 Å². The molecule has 0 radical (unpaired) electrons. The van der Waals surface area contributed by atoms with Gasteiger partial charge in [-0.15, -0.1) is 0 Å². The minimum atomic E-state index is -0.826. The van der Waals surface area contributed by atoms with Gasteiger partial charge in [-0.3, -0.25) is 14.5 Å². The first kappa shape index (κ1) is 22.6. The van der Waals surface area contributed by atoms with Gasteiger partial charge in [0.05, 0.1) is 18.2 Å². The standard InChI is InChI=1S/C31H24N2O4/c1-2-37-21-16-14-20(15-17-21)33-28(25-18-32-26-13-6-5-11-23(25)26)27(30(35)31(33)36)29(34)24-12-7-9-19-8-3-4-10-22(19)24/h3-18,28,32,34H,2H2,1H3/b29-27+. The molecule has 0 bridgehead atoms. The quantitative estimate of drug-likeness (QED) is 0.172. The van der Waals surface area contributed by atoms with E-state index in [1.54, 1.807) is 36.5 Å². The number of carbonyl (C=O) groups is 2. The molecule has 0 saturated carbocycles. The normalized spacial score (nSPS) is 17.1. The van der Waals surface area contributed by atoms with Gasteiger partial charge in [-0.2, -0.15) is 0 Å². The molecule has 2 heterocycles. The van der Waals surface area contributed by atoms with E-state index in [2.05, 4.69) is 4.98 Å². The number of hydrogen-bond donors (Lipinski definition) is 2. The molecule has 1 aliphatic heterocycles. The molecule has 1 unspecified atom stereocenters. The van der Waals surface area contributed by atoms with E-state index >= 15 is 0 Å². The van der Waals surface area contributed by atoms with Gasteiger partial charge in [0.2, 0.25) is 0 Å². The number of benzene rings is 4. The number of para-hydroxylation sites is 1. The highest BCUT2D eigenvalue weighted by atomic mass is 16.5. The molecule has 6 rings (SSSR count). The molecular formula is C31H24N2O4. The lowest BCUT2D eigenvalue weighted by Gasteiger charge is -2.25. The lowest BCUT2D eigenvalue weighted by Crippen LogP contribution is -2.29. The van der Waals surface area contributed by atoms with Crippen LogP contribution in [0.2, 0.25) is 0 Å². The molecule has 0 aliphatic carbocycles. The van der Waals surface area contributed by atoms with Crippen LogP contribution in [-0.2, 0) is 9.59 Å². The van der Waals surface area contributed by atoms with Crippen LogP contribution in [0.3, 0.4) is 0 Å². The van der Waals surface area contributed by atoms with Crippen molar-refractivity contribution < 1.29 is 19.4 Å². The Bertz CT molecular complexity index is 1690. The third-order valence-electron chi connectivity index (χ3n) is 6.83. The summed E-state index contributed by atoms with van der Waals surface area (Å²) in [6.07, 6.45) is 1.80. The number of ketones is 1. The molecule has 2 N–H and O–H groups in total. The fourth-order valence-electron chi connectivity index (χ4n) is 5.16. The number of rotatable bonds is 5. The summed E-state index contributed by atoms with van der Waals surface area (Å²) in [4.78, 5) is 31.9. The fraction of sp³-hybridized carbons (Fsp3) is 0.0968. The van der Waals surface area contributed by atoms with Crippen molar-refractivity contribution in [1.29, 1.82) is 0 Å². The molecular weight excluding hydrogens is 464 g/mol. The smallest absolute Gasteiger partial charge is 0.300 e. The van der Waals surface area contributed by atoms with E-state index in [4.69, 9.17) is 4.74 Å². The Labute approximate surface area is 213 Å². The first-order chi connectivity index (χ1) is 18.1. The second-order valence-electron chi connectivity index (χ2n) is 8.91. The van der Waals surface area contributed by atoms with Gasteiger partial charge in [0, 0.05) is 33.9 Å². The Morgan fingerprint density at radius 3 is 2.38 bits per heavy atom. The number of Topliss-reactive ketones (excluding diaryl/α,β-unsaturated/α-hetero) is 1. The number of H-pyrrole nitrogens is 1. The number of nitrogens with one attached hydrogen (secondary N) is 1. The molecule has 1 fully saturated rings. The maximum atomic E-state index is 13.6. The number of aromatic nitrogens is 1. The van der Waals surface area contributed by atoms with E-state index in [-0.39, 0.29) is 11.3 Å². The van der Waals surface area contributed by atoms with E-state index in [9.17, 15) is 14.7 Å². The van der Waals surface area contributed by atoms with Crippen molar-refractivity contribution in [3.8, 4) is 5.75 Å². The monoisotopic (exact) mass is 488 g/mol. The number of hydrogen-bond acceptors (Lipinski definition) is 4. The molecule has 4 aromatic carbocycles. The van der Waals surface area contributed by atoms with Crippen molar-refractivity contribution in [2.75, 3.05) is 11.5 Å². The van der Waals surface area contributed by atoms with Crippen LogP contribution in [0.5, 0.6) is 5.75 Å². The van der Waals surface area contributed by atoms with Crippen molar-refractivity contribution in [3.63, 3.8) is 0 Å². The van der Waals surface area contributed by atoms with Gasteiger partial charge in [0.15, 0.2) is 0 Å². The van der Waals surface area contributed by atoms with Crippen LogP contribution in [-0.4, -0.2) is 28.4 Å². The fourth-order valence-corrected chi connectivity index (χ4v) is 5.16. The number of fused-ring (bicyclic) bond motifs is 2. The number of aliphatic hydroxyl groups is 1. The van der Waals surface area contributed by atoms with Crippen LogP contribution in [0.4, 0.5) is 5.69 Å². The number of anilines is 1. The first-order valence-corrected chi connectivity index (χ1v) is 12.2. The predicted octanol–water partition coefficient (Wildman–Crippen LogP) is 6.35. The summed E-state index contributed by atoms with van der Waals surface area (Å²) in [5, 5.41) is 14.3. The average Bonchev–Trinajstić information content (AvgIpc) is 3.47. The molecule has 6 nitrogen and oxygen atoms in total. The number of amides is 1. The third kappa shape index (κ3) is 3.65. The Morgan fingerprint density at radius 1 is 0.892 bits per heavy atom. The number of ether oxygens (including phenoxy) is 1. The maximum absolute atomic E-state index is 13.6. The van der Waals surface area contributed by atoms with E-state index in [1.165, 1.54) is 4.90 Å². The maximum Gasteiger partial charge on any atom is 0.300 e. The minimum absolute atomic E-state index is 0.0555. The van der Waals surface area contributed by atoms with Crippen LogP contribution >= 0.6 is 0 Å². The summed E-state index contributed by atoms with van der Waals surface area (Å²) in [7, 11) is 0. The predicted molar refractivity (Wildman–Crippen MR) is 145 cm³/mol. The van der Waals surface area contributed by atoms with Crippen molar-refractivity contribution >= 4 is 44.8 Å². The summed E-state index contributed by atoms with van der Waals surface area (Å²) in [6.45, 7) is 2.42. The van der Waals surface area contributed by atoms with E-state index in [1.807, 2.05) is 67.6 Å². The van der Waals surface area contributed by atoms with Crippen LogP contribution < -0.4 is 9.64 Å². The summed E-state index contributed by atoms with van der Waals surface area (Å²) in [5.41, 5.74) is 2.70. The largest absolute Gasteiger partial charge is 0.507 e. The molecule has 6 heteroatoms. The number of aliphatic hydroxyl groups excluding tert-OH is 1. The third-order valence-corrected chi connectivity index (χ3v) is 6.83. The summed E-state index contributed by atoms with van der Waals surface area (Å²) < 4.78 is 5.56. The number of aromatic amines is 1. The summed E-state index contributed by atoms with van der Waals surface area (Å²) in [5.74, 6) is -0.947. The van der Waals surface area contributed by atoms with Gasteiger partial charge >= 0.3 is 0 Å². The zero-order valence-corrected chi connectivity index (χ0v) is 20.1. The SMILES string of the molecule is CCOc1ccc(N2C(=O)C(=O)/C(=C(/O)c3cccc4ccccc34)C2c2c[nH]c3ccccc23)cc1. The Morgan fingerprint density at radius 2 is 1.59 bits per heavy atom. The topological polar surface area (TPSA) is 82.6 Å². The molecule has 182 valence electrons. The Kier molecular flexibility index (Phi) is 5.49. The van der Waals surface area contributed by atoms with Gasteiger partial charge in [0.25, 0.3) is 11.7 Å². The molecule has 1 atom stereocenters. The zero-order chi connectivity index (χ0) is 25.5. The first-order valence-electron chi connectivity index (χ1n) is 12.2. The second kappa shape index (κ2) is 8.99. The second-order valence-corrected chi connectivity index (χ2v) is 8.91. The van der Waals surface area contributed by atoms with Crippen molar-refractivity contribution in [1.82, 2.24) is 4.98 Å². The average molecular weight is 489 g/mol. The highest BCUT2D eigenvalue weighted by Gasteiger charge is 2.47. The highest BCUT2D eigenvalue weighted by Crippen LogP contribution is 2.45. The van der Waals surface area contributed by atoms with Gasteiger partial charge in [-0.1, -0.05) is 60.7 Å².